The van der Waals surface area contributed by atoms with Crippen LogP contribution in [0.1, 0.15) is 11.3 Å². The molecule has 1 aromatic heterocycles. The lowest BCUT2D eigenvalue weighted by Gasteiger charge is -2.12. The second-order valence-corrected chi connectivity index (χ2v) is 5.18. The van der Waals surface area contributed by atoms with E-state index in [-0.39, 0.29) is 18.3 Å². The maximum absolute atomic E-state index is 13.1. The topological polar surface area (TPSA) is 80.4 Å². The summed E-state index contributed by atoms with van der Waals surface area (Å²) >= 11 is 0. The number of nitrogens with one attached hydrogen (secondary N) is 1. The Morgan fingerprint density at radius 2 is 2.08 bits per heavy atom. The molecule has 128 valence electrons. The summed E-state index contributed by atoms with van der Waals surface area (Å²) in [6.07, 6.45) is 6.08. The third-order valence-electron chi connectivity index (χ3n) is 3.48. The fourth-order valence-electron chi connectivity index (χ4n) is 2.17. The molecule has 1 aromatic carbocycles. The van der Waals surface area contributed by atoms with Gasteiger partial charge in [0.15, 0.2) is 0 Å². The van der Waals surface area contributed by atoms with E-state index in [0.717, 1.165) is 11.1 Å². The highest BCUT2D eigenvalue weighted by Crippen LogP contribution is 2.24. The molecule has 0 bridgehead atoms. The molecule has 6 heteroatoms. The zero-order chi connectivity index (χ0) is 18.2. The van der Waals surface area contributed by atoms with Gasteiger partial charge in [0.05, 0.1) is 12.2 Å². The SMILES string of the molecule is C=CC(=O)NCc1ncc(-c2ccc(F)cc2)cc1/C(N)=C/C=NC. The van der Waals surface area contributed by atoms with E-state index in [1.807, 2.05) is 6.07 Å². The molecule has 0 aliphatic rings. The van der Waals surface area contributed by atoms with E-state index < -0.39 is 0 Å². The molecule has 2 aromatic rings. The average Bonchev–Trinajstić information content (AvgIpc) is 2.64. The minimum atomic E-state index is -0.306. The van der Waals surface area contributed by atoms with Gasteiger partial charge in [0.1, 0.15) is 5.82 Å². The van der Waals surface area contributed by atoms with Crippen molar-refractivity contribution in [2.45, 2.75) is 6.54 Å². The van der Waals surface area contributed by atoms with Gasteiger partial charge in [0.25, 0.3) is 0 Å². The van der Waals surface area contributed by atoms with Crippen molar-refractivity contribution in [3.05, 3.63) is 72.3 Å². The molecule has 0 saturated carbocycles. The first-order valence-corrected chi connectivity index (χ1v) is 7.58. The minimum Gasteiger partial charge on any atom is -0.398 e. The van der Waals surface area contributed by atoms with Crippen molar-refractivity contribution in [1.82, 2.24) is 10.3 Å². The first kappa shape index (κ1) is 18.1. The Hall–Kier alpha value is -3.28. The summed E-state index contributed by atoms with van der Waals surface area (Å²) in [6.45, 7) is 3.63. The number of carbonyl (C=O) groups is 1. The molecule has 5 nitrogen and oxygen atoms in total. The largest absolute Gasteiger partial charge is 0.398 e. The van der Waals surface area contributed by atoms with Crippen LogP contribution in [0, 0.1) is 5.82 Å². The Morgan fingerprint density at radius 3 is 2.72 bits per heavy atom. The summed E-state index contributed by atoms with van der Waals surface area (Å²) in [5, 5.41) is 2.68. The number of nitrogens with zero attached hydrogens (tertiary/aromatic N) is 2. The molecule has 25 heavy (non-hydrogen) atoms. The van der Waals surface area contributed by atoms with Gasteiger partial charge in [-0.05, 0) is 35.9 Å². The average molecular weight is 338 g/mol. The van der Waals surface area contributed by atoms with E-state index in [0.29, 0.717) is 17.0 Å². The van der Waals surface area contributed by atoms with Gasteiger partial charge in [-0.25, -0.2) is 4.39 Å². The fourth-order valence-corrected chi connectivity index (χ4v) is 2.17. The maximum atomic E-state index is 13.1. The van der Waals surface area contributed by atoms with Crippen LogP contribution in [-0.4, -0.2) is 24.2 Å². The van der Waals surface area contributed by atoms with Crippen molar-refractivity contribution < 1.29 is 9.18 Å². The van der Waals surface area contributed by atoms with Gasteiger partial charge in [-0.15, -0.1) is 0 Å². The first-order valence-electron chi connectivity index (χ1n) is 7.58. The molecule has 0 radical (unpaired) electrons. The number of aliphatic imine (C=N–C) groups is 1. The smallest absolute Gasteiger partial charge is 0.243 e. The van der Waals surface area contributed by atoms with Crippen LogP contribution in [0.5, 0.6) is 0 Å². The molecule has 0 saturated heterocycles. The standard InChI is InChI=1S/C19H19FN4O/c1-3-19(25)24-12-18-16(17(21)8-9-22-2)10-14(11-23-18)13-4-6-15(20)7-5-13/h3-11H,1,12,21H2,2H3,(H,24,25)/b17-8-,22-9?. The van der Waals surface area contributed by atoms with Crippen LogP contribution < -0.4 is 11.1 Å². The van der Waals surface area contributed by atoms with Crippen molar-refractivity contribution in [3.63, 3.8) is 0 Å². The number of hydrogen-bond donors (Lipinski definition) is 2. The second-order valence-electron chi connectivity index (χ2n) is 5.18. The van der Waals surface area contributed by atoms with Gasteiger partial charge in [-0.2, -0.15) is 0 Å². The summed E-state index contributed by atoms with van der Waals surface area (Å²) in [4.78, 5) is 19.7. The normalized spacial score (nSPS) is 11.5. The molecule has 0 fully saturated rings. The van der Waals surface area contributed by atoms with E-state index in [9.17, 15) is 9.18 Å². The van der Waals surface area contributed by atoms with Gasteiger partial charge in [-0.1, -0.05) is 18.7 Å². The lowest BCUT2D eigenvalue weighted by Crippen LogP contribution is -2.22. The van der Waals surface area contributed by atoms with Crippen molar-refractivity contribution in [2.24, 2.45) is 10.7 Å². The highest BCUT2D eigenvalue weighted by molar-refractivity contribution is 5.87. The van der Waals surface area contributed by atoms with Gasteiger partial charge in [0, 0.05) is 36.3 Å². The Bertz CT molecular complexity index is 826. The van der Waals surface area contributed by atoms with Crippen LogP contribution in [0.25, 0.3) is 16.8 Å². The monoisotopic (exact) mass is 338 g/mol. The summed E-state index contributed by atoms with van der Waals surface area (Å²) in [5.74, 6) is -0.604. The van der Waals surface area contributed by atoms with Gasteiger partial charge < -0.3 is 11.1 Å². The summed E-state index contributed by atoms with van der Waals surface area (Å²) < 4.78 is 13.1. The summed E-state index contributed by atoms with van der Waals surface area (Å²) in [5.41, 5.74) is 9.48. The van der Waals surface area contributed by atoms with Crippen LogP contribution in [-0.2, 0) is 11.3 Å². The summed E-state index contributed by atoms with van der Waals surface area (Å²) in [6, 6.07) is 7.96. The third kappa shape index (κ3) is 4.84. The molecule has 0 aliphatic carbocycles. The van der Waals surface area contributed by atoms with Crippen molar-refractivity contribution in [2.75, 3.05) is 7.05 Å². The number of nitrogens with two attached hydrogens (primary N) is 1. The summed E-state index contributed by atoms with van der Waals surface area (Å²) in [7, 11) is 1.64. The predicted molar refractivity (Wildman–Crippen MR) is 98.3 cm³/mol. The number of rotatable bonds is 6. The molecule has 1 heterocycles. The highest BCUT2D eigenvalue weighted by Gasteiger charge is 2.10. The first-order chi connectivity index (χ1) is 12.0. The number of aromatic nitrogens is 1. The molecule has 2 rings (SSSR count). The van der Waals surface area contributed by atoms with Gasteiger partial charge in [0.2, 0.25) is 5.91 Å². The quantitative estimate of drug-likeness (QED) is 0.628. The van der Waals surface area contributed by atoms with Crippen LogP contribution in [0.3, 0.4) is 0 Å². The molecule has 0 aliphatic heterocycles. The Labute approximate surface area is 145 Å². The number of allylic oxidation sites excluding steroid dienone is 1. The van der Waals surface area contributed by atoms with Crippen LogP contribution >= 0.6 is 0 Å². The molecular weight excluding hydrogens is 319 g/mol. The Morgan fingerprint density at radius 1 is 1.36 bits per heavy atom. The molecule has 0 unspecified atom stereocenters. The van der Waals surface area contributed by atoms with Crippen molar-refractivity contribution >= 4 is 17.8 Å². The lowest BCUT2D eigenvalue weighted by molar-refractivity contribution is -0.116. The number of benzene rings is 1. The van der Waals surface area contributed by atoms with E-state index in [1.54, 1.807) is 37.7 Å². The third-order valence-corrected chi connectivity index (χ3v) is 3.48. The molecule has 3 N–H and O–H groups in total. The fraction of sp³-hybridized carbons (Fsp3) is 0.105. The van der Waals surface area contributed by atoms with Gasteiger partial charge >= 0.3 is 0 Å². The number of halogens is 1. The number of amides is 1. The van der Waals surface area contributed by atoms with Crippen LogP contribution in [0.2, 0.25) is 0 Å². The van der Waals surface area contributed by atoms with Gasteiger partial charge in [-0.3, -0.25) is 14.8 Å². The minimum absolute atomic E-state index is 0.210. The zero-order valence-electron chi connectivity index (χ0n) is 13.9. The van der Waals surface area contributed by atoms with E-state index in [4.69, 9.17) is 5.73 Å². The van der Waals surface area contributed by atoms with Crippen LogP contribution in [0.15, 0.2) is 60.3 Å². The lowest BCUT2D eigenvalue weighted by atomic mass is 10.0. The number of carbonyl (C=O) groups excluding carboxylic acids is 1. The maximum Gasteiger partial charge on any atom is 0.243 e. The molecule has 0 atom stereocenters. The highest BCUT2D eigenvalue weighted by atomic mass is 19.1. The molecule has 1 amide bonds. The zero-order valence-corrected chi connectivity index (χ0v) is 13.9. The van der Waals surface area contributed by atoms with E-state index >= 15 is 0 Å². The van der Waals surface area contributed by atoms with Crippen molar-refractivity contribution in [3.8, 4) is 11.1 Å². The predicted octanol–water partition coefficient (Wildman–Crippen LogP) is 2.69. The number of pyridine rings is 1. The second kappa shape index (κ2) is 8.54. The Balaban J connectivity index is 2.44. The molecule has 0 spiro atoms. The van der Waals surface area contributed by atoms with Crippen molar-refractivity contribution in [1.29, 1.82) is 0 Å². The van der Waals surface area contributed by atoms with E-state index in [2.05, 4.69) is 21.9 Å². The van der Waals surface area contributed by atoms with E-state index in [1.165, 1.54) is 18.2 Å². The van der Waals surface area contributed by atoms with Crippen LogP contribution in [0.4, 0.5) is 4.39 Å². The molecular formula is C19H19FN4O. The Kier molecular flexibility index (Phi) is 6.17. The number of hydrogen-bond acceptors (Lipinski definition) is 4.